The summed E-state index contributed by atoms with van der Waals surface area (Å²) in [5.41, 5.74) is 1.68. The van der Waals surface area contributed by atoms with E-state index in [-0.39, 0.29) is 24.5 Å². The number of amides is 1. The zero-order valence-electron chi connectivity index (χ0n) is 14.7. The Labute approximate surface area is 159 Å². The molecule has 0 aliphatic carbocycles. The summed E-state index contributed by atoms with van der Waals surface area (Å²) in [6.07, 6.45) is 1.56. The van der Waals surface area contributed by atoms with E-state index in [9.17, 15) is 4.79 Å². The van der Waals surface area contributed by atoms with Crippen molar-refractivity contribution in [3.8, 4) is 23.0 Å². The number of aromatic nitrogens is 2. The number of nitrogens with zero attached hydrogens (tertiary/aromatic N) is 2. The molecule has 3 aromatic rings. The van der Waals surface area contributed by atoms with Crippen molar-refractivity contribution < 1.29 is 23.1 Å². The van der Waals surface area contributed by atoms with Gasteiger partial charge < -0.3 is 23.6 Å². The molecule has 27 heavy (non-hydrogen) atoms. The summed E-state index contributed by atoms with van der Waals surface area (Å²) in [7, 11) is 0. The highest BCUT2D eigenvalue weighted by atomic mass is 32.2. The van der Waals surface area contributed by atoms with Gasteiger partial charge >= 0.3 is 0 Å². The van der Waals surface area contributed by atoms with Crippen LogP contribution in [0.5, 0.6) is 11.5 Å². The van der Waals surface area contributed by atoms with Crippen molar-refractivity contribution in [2.75, 3.05) is 12.5 Å². The summed E-state index contributed by atoms with van der Waals surface area (Å²) in [6, 6.07) is 7.21. The van der Waals surface area contributed by atoms with Crippen LogP contribution in [0.2, 0.25) is 0 Å². The molecule has 9 heteroatoms. The first-order valence-electron chi connectivity index (χ1n) is 8.30. The molecule has 0 saturated heterocycles. The van der Waals surface area contributed by atoms with Crippen LogP contribution in [-0.4, -0.2) is 28.7 Å². The van der Waals surface area contributed by atoms with Crippen molar-refractivity contribution in [3.05, 3.63) is 41.9 Å². The number of ether oxygens (including phenoxy) is 2. The lowest BCUT2D eigenvalue weighted by Gasteiger charge is -2.14. The molecule has 0 radical (unpaired) electrons. The molecule has 0 saturated carbocycles. The molecule has 0 unspecified atom stereocenters. The lowest BCUT2D eigenvalue weighted by Crippen LogP contribution is -2.28. The van der Waals surface area contributed by atoms with E-state index in [1.54, 1.807) is 12.3 Å². The second-order valence-electron chi connectivity index (χ2n) is 5.95. The molecule has 1 aromatic carbocycles. The zero-order chi connectivity index (χ0) is 18.8. The Bertz CT molecular complexity index is 968. The first-order chi connectivity index (χ1) is 13.1. The minimum atomic E-state index is -0.167. The number of rotatable bonds is 6. The van der Waals surface area contributed by atoms with E-state index in [0.717, 1.165) is 11.1 Å². The molecular weight excluding hydrogens is 370 g/mol. The van der Waals surface area contributed by atoms with Gasteiger partial charge in [0.15, 0.2) is 11.5 Å². The summed E-state index contributed by atoms with van der Waals surface area (Å²) in [5, 5.41) is 11.2. The van der Waals surface area contributed by atoms with E-state index < -0.39 is 0 Å². The van der Waals surface area contributed by atoms with Crippen molar-refractivity contribution in [1.29, 1.82) is 0 Å². The maximum absolute atomic E-state index is 12.2. The van der Waals surface area contributed by atoms with E-state index >= 15 is 0 Å². The first kappa shape index (κ1) is 17.5. The van der Waals surface area contributed by atoms with Crippen molar-refractivity contribution in [3.63, 3.8) is 0 Å². The highest BCUT2D eigenvalue weighted by Gasteiger charge is 2.18. The predicted molar refractivity (Wildman–Crippen MR) is 96.6 cm³/mol. The van der Waals surface area contributed by atoms with Crippen LogP contribution >= 0.6 is 11.8 Å². The molecule has 1 atom stereocenters. The minimum Gasteiger partial charge on any atom is -0.469 e. The van der Waals surface area contributed by atoms with Crippen LogP contribution < -0.4 is 14.8 Å². The molecule has 1 amide bonds. The summed E-state index contributed by atoms with van der Waals surface area (Å²) in [6.45, 7) is 3.95. The second-order valence-corrected chi connectivity index (χ2v) is 6.88. The maximum Gasteiger partial charge on any atom is 0.277 e. The van der Waals surface area contributed by atoms with Gasteiger partial charge in [0, 0.05) is 0 Å². The Kier molecular flexibility index (Phi) is 4.76. The number of thioether (sulfide) groups is 1. The predicted octanol–water partition coefficient (Wildman–Crippen LogP) is 3.34. The number of fused-ring (bicyclic) bond motifs is 1. The fourth-order valence-corrected chi connectivity index (χ4v) is 3.23. The molecule has 3 heterocycles. The van der Waals surface area contributed by atoms with Crippen molar-refractivity contribution >= 4 is 17.7 Å². The van der Waals surface area contributed by atoms with Crippen LogP contribution in [-0.2, 0) is 4.79 Å². The van der Waals surface area contributed by atoms with Crippen LogP contribution in [0.4, 0.5) is 0 Å². The molecule has 2 aromatic heterocycles. The number of hydrogen-bond acceptors (Lipinski definition) is 8. The Hall–Kier alpha value is -2.94. The SMILES string of the molecule is Cc1occc1-c1nnc(SCC(=O)N[C@@H](C)c2ccc3c(c2)OCO3)o1. The summed E-state index contributed by atoms with van der Waals surface area (Å²) in [4.78, 5) is 12.2. The molecule has 4 rings (SSSR count). The lowest BCUT2D eigenvalue weighted by atomic mass is 10.1. The molecule has 1 aliphatic rings. The van der Waals surface area contributed by atoms with Gasteiger partial charge in [-0.3, -0.25) is 4.79 Å². The molecule has 140 valence electrons. The van der Waals surface area contributed by atoms with E-state index in [2.05, 4.69) is 15.5 Å². The molecule has 8 nitrogen and oxygen atoms in total. The zero-order valence-corrected chi connectivity index (χ0v) is 15.5. The quantitative estimate of drug-likeness (QED) is 0.643. The van der Waals surface area contributed by atoms with E-state index in [4.69, 9.17) is 18.3 Å². The van der Waals surface area contributed by atoms with Gasteiger partial charge in [0.05, 0.1) is 23.6 Å². The number of nitrogens with one attached hydrogen (secondary N) is 1. The van der Waals surface area contributed by atoms with E-state index in [0.29, 0.717) is 28.4 Å². The Morgan fingerprint density at radius 3 is 2.93 bits per heavy atom. The average molecular weight is 387 g/mol. The highest BCUT2D eigenvalue weighted by Crippen LogP contribution is 2.34. The van der Waals surface area contributed by atoms with Gasteiger partial charge in [0.1, 0.15) is 5.76 Å². The smallest absolute Gasteiger partial charge is 0.277 e. The van der Waals surface area contributed by atoms with Gasteiger partial charge in [0.25, 0.3) is 11.1 Å². The molecule has 1 aliphatic heterocycles. The largest absolute Gasteiger partial charge is 0.469 e. The monoisotopic (exact) mass is 387 g/mol. The molecular formula is C18H17N3O5S. The standard InChI is InChI=1S/C18H17N3O5S/c1-10(12-3-4-14-15(7-12)25-9-24-14)19-16(22)8-27-18-21-20-17(26-18)13-5-6-23-11(13)2/h3-7,10H,8-9H2,1-2H3,(H,19,22)/t10-/m0/s1. The van der Waals surface area contributed by atoms with Crippen LogP contribution in [0.1, 0.15) is 24.3 Å². The number of hydrogen-bond donors (Lipinski definition) is 1. The van der Waals surface area contributed by atoms with Crippen molar-refractivity contribution in [2.45, 2.75) is 25.1 Å². The Morgan fingerprint density at radius 1 is 1.26 bits per heavy atom. The number of aryl methyl sites for hydroxylation is 1. The summed E-state index contributed by atoms with van der Waals surface area (Å²) < 4.78 is 21.5. The van der Waals surface area contributed by atoms with Crippen LogP contribution in [0.3, 0.4) is 0 Å². The lowest BCUT2D eigenvalue weighted by molar-refractivity contribution is -0.119. The fraction of sp³-hybridized carbons (Fsp3) is 0.278. The molecule has 0 spiro atoms. The molecule has 0 fully saturated rings. The minimum absolute atomic E-state index is 0.135. The van der Waals surface area contributed by atoms with Crippen LogP contribution in [0.25, 0.3) is 11.5 Å². The topological polar surface area (TPSA) is 99.6 Å². The average Bonchev–Trinajstić information content (AvgIpc) is 3.39. The Balaban J connectivity index is 1.32. The molecule has 0 bridgehead atoms. The normalized spacial score (nSPS) is 13.6. The summed E-state index contributed by atoms with van der Waals surface area (Å²) >= 11 is 1.18. The van der Waals surface area contributed by atoms with Gasteiger partial charge in [-0.05, 0) is 37.6 Å². The third-order valence-electron chi connectivity index (χ3n) is 4.10. The van der Waals surface area contributed by atoms with E-state index in [1.165, 1.54) is 11.8 Å². The van der Waals surface area contributed by atoms with Crippen LogP contribution in [0, 0.1) is 6.92 Å². The second kappa shape index (κ2) is 7.36. The number of benzene rings is 1. The summed E-state index contributed by atoms with van der Waals surface area (Å²) in [5.74, 6) is 2.51. The highest BCUT2D eigenvalue weighted by molar-refractivity contribution is 7.99. The van der Waals surface area contributed by atoms with Crippen molar-refractivity contribution in [2.24, 2.45) is 0 Å². The van der Waals surface area contributed by atoms with Gasteiger partial charge in [-0.1, -0.05) is 17.8 Å². The number of furan rings is 1. The number of carbonyl (C=O) groups is 1. The first-order valence-corrected chi connectivity index (χ1v) is 9.28. The van der Waals surface area contributed by atoms with Gasteiger partial charge in [-0.15, -0.1) is 10.2 Å². The fourth-order valence-electron chi connectivity index (χ4n) is 2.66. The van der Waals surface area contributed by atoms with Crippen LogP contribution in [0.15, 0.2) is 44.6 Å². The third kappa shape index (κ3) is 3.77. The van der Waals surface area contributed by atoms with Crippen molar-refractivity contribution in [1.82, 2.24) is 15.5 Å². The van der Waals surface area contributed by atoms with Gasteiger partial charge in [-0.25, -0.2) is 0 Å². The molecule has 1 N–H and O–H groups in total. The number of carbonyl (C=O) groups excluding carboxylic acids is 1. The van der Waals surface area contributed by atoms with E-state index in [1.807, 2.05) is 32.0 Å². The third-order valence-corrected chi connectivity index (χ3v) is 4.92. The van der Waals surface area contributed by atoms with Gasteiger partial charge in [0.2, 0.25) is 12.7 Å². The Morgan fingerprint density at radius 2 is 2.11 bits per heavy atom. The maximum atomic E-state index is 12.2. The van der Waals surface area contributed by atoms with Gasteiger partial charge in [-0.2, -0.15) is 0 Å².